The molecule has 3 rings (SSSR count). The molecule has 1 fully saturated rings. The van der Waals surface area contributed by atoms with E-state index in [0.29, 0.717) is 11.3 Å². The third-order valence-electron chi connectivity index (χ3n) is 3.59. The highest BCUT2D eigenvalue weighted by molar-refractivity contribution is 7.89. The van der Waals surface area contributed by atoms with E-state index in [4.69, 9.17) is 0 Å². The zero-order chi connectivity index (χ0) is 16.6. The smallest absolute Gasteiger partial charge is 0.256 e. The molecule has 0 unspecified atom stereocenters. The van der Waals surface area contributed by atoms with Gasteiger partial charge in [0.2, 0.25) is 10.0 Å². The van der Waals surface area contributed by atoms with E-state index in [1.807, 2.05) is 19.9 Å². The van der Waals surface area contributed by atoms with E-state index in [-0.39, 0.29) is 16.8 Å². The molecule has 7 heteroatoms. The first-order chi connectivity index (χ1) is 10.8. The average molecular weight is 350 g/mol. The second kappa shape index (κ2) is 6.07. The Balaban J connectivity index is 1.80. The fourth-order valence-electron chi connectivity index (χ4n) is 2.28. The maximum atomic E-state index is 12.3. The summed E-state index contributed by atoms with van der Waals surface area (Å²) >= 11 is 1.56. The van der Waals surface area contributed by atoms with E-state index in [2.05, 4.69) is 10.0 Å². The summed E-state index contributed by atoms with van der Waals surface area (Å²) in [5, 5.41) is 2.77. The van der Waals surface area contributed by atoms with Crippen LogP contribution in [0.15, 0.2) is 35.2 Å². The summed E-state index contributed by atoms with van der Waals surface area (Å²) in [6, 6.07) is 8.21. The topological polar surface area (TPSA) is 75.3 Å². The predicted molar refractivity (Wildman–Crippen MR) is 91.5 cm³/mol. The van der Waals surface area contributed by atoms with E-state index in [9.17, 15) is 13.2 Å². The van der Waals surface area contributed by atoms with Crippen LogP contribution in [0.5, 0.6) is 0 Å². The van der Waals surface area contributed by atoms with E-state index in [1.165, 1.54) is 12.1 Å². The highest BCUT2D eigenvalue weighted by Crippen LogP contribution is 2.24. The lowest BCUT2D eigenvalue weighted by Gasteiger charge is -2.09. The monoisotopic (exact) mass is 350 g/mol. The molecule has 1 amide bonds. The Hall–Kier alpha value is -1.70. The minimum absolute atomic E-state index is 0.0506. The summed E-state index contributed by atoms with van der Waals surface area (Å²) in [5.74, 6) is -0.225. The Morgan fingerprint density at radius 1 is 1.22 bits per heavy atom. The van der Waals surface area contributed by atoms with Gasteiger partial charge in [-0.1, -0.05) is 6.07 Å². The Morgan fingerprint density at radius 3 is 2.57 bits per heavy atom. The molecule has 0 atom stereocenters. The van der Waals surface area contributed by atoms with Crippen molar-refractivity contribution in [2.24, 2.45) is 0 Å². The number of hydrogen-bond acceptors (Lipinski definition) is 4. The molecule has 1 aliphatic carbocycles. The Kier molecular flexibility index (Phi) is 4.27. The molecule has 1 aliphatic rings. The number of carbonyl (C=O) groups is 1. The molecule has 0 radical (unpaired) electrons. The lowest BCUT2D eigenvalue weighted by atomic mass is 10.2. The van der Waals surface area contributed by atoms with Crippen LogP contribution in [-0.2, 0) is 10.0 Å². The van der Waals surface area contributed by atoms with Gasteiger partial charge in [-0.05, 0) is 51.0 Å². The first-order valence-electron chi connectivity index (χ1n) is 7.36. The number of aryl methyl sites for hydroxylation is 2. The zero-order valence-electron chi connectivity index (χ0n) is 12.9. The SMILES string of the molecule is Cc1cc(C(=O)Nc2cccc(S(=O)(=O)NC3CC3)c2)c(C)s1. The Labute approximate surface area is 139 Å². The quantitative estimate of drug-likeness (QED) is 0.870. The van der Waals surface area contributed by atoms with Crippen molar-refractivity contribution in [1.82, 2.24) is 4.72 Å². The molecular formula is C16H18N2O3S2. The highest BCUT2D eigenvalue weighted by atomic mass is 32.2. The van der Waals surface area contributed by atoms with Crippen molar-refractivity contribution in [3.8, 4) is 0 Å². The van der Waals surface area contributed by atoms with E-state index in [0.717, 1.165) is 22.6 Å². The molecule has 122 valence electrons. The third kappa shape index (κ3) is 3.80. The largest absolute Gasteiger partial charge is 0.322 e. The summed E-state index contributed by atoms with van der Waals surface area (Å²) in [6.45, 7) is 3.85. The number of rotatable bonds is 5. The molecule has 1 heterocycles. The summed E-state index contributed by atoms with van der Waals surface area (Å²) in [4.78, 5) is 14.5. The molecular weight excluding hydrogens is 332 g/mol. The van der Waals surface area contributed by atoms with Crippen LogP contribution < -0.4 is 10.0 Å². The van der Waals surface area contributed by atoms with Gasteiger partial charge in [0.1, 0.15) is 0 Å². The Bertz CT molecular complexity index is 852. The maximum absolute atomic E-state index is 12.3. The molecule has 0 saturated heterocycles. The summed E-state index contributed by atoms with van der Waals surface area (Å²) < 4.78 is 27.1. The molecule has 2 N–H and O–H groups in total. The van der Waals surface area contributed by atoms with Crippen molar-refractivity contribution in [3.05, 3.63) is 45.6 Å². The fraction of sp³-hybridized carbons (Fsp3) is 0.312. The van der Waals surface area contributed by atoms with Gasteiger partial charge >= 0.3 is 0 Å². The van der Waals surface area contributed by atoms with Gasteiger partial charge in [0.25, 0.3) is 5.91 Å². The summed E-state index contributed by atoms with van der Waals surface area (Å²) in [5.41, 5.74) is 1.09. The lowest BCUT2D eigenvalue weighted by molar-refractivity contribution is 0.102. The van der Waals surface area contributed by atoms with Gasteiger partial charge in [-0.15, -0.1) is 11.3 Å². The molecule has 0 bridgehead atoms. The van der Waals surface area contributed by atoms with Crippen LogP contribution in [0.4, 0.5) is 5.69 Å². The predicted octanol–water partition coefficient (Wildman–Crippen LogP) is 3.06. The lowest BCUT2D eigenvalue weighted by Crippen LogP contribution is -2.25. The van der Waals surface area contributed by atoms with Gasteiger partial charge in [0.15, 0.2) is 0 Å². The van der Waals surface area contributed by atoms with Crippen LogP contribution in [0.25, 0.3) is 0 Å². The van der Waals surface area contributed by atoms with Gasteiger partial charge in [-0.3, -0.25) is 4.79 Å². The average Bonchev–Trinajstić information content (AvgIpc) is 3.21. The molecule has 23 heavy (non-hydrogen) atoms. The minimum Gasteiger partial charge on any atom is -0.322 e. The van der Waals surface area contributed by atoms with Crippen LogP contribution in [0.3, 0.4) is 0 Å². The second-order valence-electron chi connectivity index (χ2n) is 5.70. The van der Waals surface area contributed by atoms with Crippen LogP contribution in [0, 0.1) is 13.8 Å². The maximum Gasteiger partial charge on any atom is 0.256 e. The molecule has 1 saturated carbocycles. The molecule has 2 aromatic rings. The normalized spacial score (nSPS) is 14.7. The number of nitrogens with one attached hydrogen (secondary N) is 2. The van der Waals surface area contributed by atoms with Gasteiger partial charge < -0.3 is 5.32 Å². The van der Waals surface area contributed by atoms with Crippen molar-refractivity contribution in [2.45, 2.75) is 37.6 Å². The van der Waals surface area contributed by atoms with E-state index < -0.39 is 10.0 Å². The second-order valence-corrected chi connectivity index (χ2v) is 8.88. The van der Waals surface area contributed by atoms with Gasteiger partial charge in [-0.2, -0.15) is 0 Å². The zero-order valence-corrected chi connectivity index (χ0v) is 14.6. The molecule has 0 aliphatic heterocycles. The van der Waals surface area contributed by atoms with Crippen LogP contribution >= 0.6 is 11.3 Å². The van der Waals surface area contributed by atoms with Crippen molar-refractivity contribution in [1.29, 1.82) is 0 Å². The number of amides is 1. The number of anilines is 1. The molecule has 0 spiro atoms. The first-order valence-corrected chi connectivity index (χ1v) is 9.66. The number of sulfonamides is 1. The standard InChI is InChI=1S/C16H18N2O3S2/c1-10-8-15(11(2)22-10)16(19)17-13-4-3-5-14(9-13)23(20,21)18-12-6-7-12/h3-5,8-9,12,18H,6-7H2,1-2H3,(H,17,19). The summed E-state index contributed by atoms with van der Waals surface area (Å²) in [7, 11) is -3.52. The van der Waals surface area contributed by atoms with Crippen LogP contribution in [-0.4, -0.2) is 20.4 Å². The first kappa shape index (κ1) is 16.2. The number of hydrogen-bond donors (Lipinski definition) is 2. The van der Waals surface area contributed by atoms with Gasteiger partial charge in [0.05, 0.1) is 10.5 Å². The third-order valence-corrected chi connectivity index (χ3v) is 6.07. The van der Waals surface area contributed by atoms with Crippen molar-refractivity contribution in [3.63, 3.8) is 0 Å². The van der Waals surface area contributed by atoms with E-state index >= 15 is 0 Å². The summed E-state index contributed by atoms with van der Waals surface area (Å²) in [6.07, 6.45) is 1.76. The minimum atomic E-state index is -3.52. The van der Waals surface area contributed by atoms with Crippen molar-refractivity contribution < 1.29 is 13.2 Å². The van der Waals surface area contributed by atoms with Crippen molar-refractivity contribution in [2.75, 3.05) is 5.32 Å². The number of thiophene rings is 1. The number of carbonyl (C=O) groups excluding carboxylic acids is 1. The van der Waals surface area contributed by atoms with Crippen LogP contribution in [0.1, 0.15) is 33.0 Å². The van der Waals surface area contributed by atoms with Gasteiger partial charge in [0, 0.05) is 21.5 Å². The fourth-order valence-corrected chi connectivity index (χ4v) is 4.56. The van der Waals surface area contributed by atoms with Crippen LogP contribution in [0.2, 0.25) is 0 Å². The van der Waals surface area contributed by atoms with Gasteiger partial charge in [-0.25, -0.2) is 13.1 Å². The molecule has 1 aromatic heterocycles. The molecule has 5 nitrogen and oxygen atoms in total. The van der Waals surface area contributed by atoms with Crippen molar-refractivity contribution >= 4 is 33.0 Å². The molecule has 1 aromatic carbocycles. The Morgan fingerprint density at radius 2 is 1.96 bits per heavy atom. The number of benzene rings is 1. The van der Waals surface area contributed by atoms with E-state index in [1.54, 1.807) is 23.5 Å². The highest BCUT2D eigenvalue weighted by Gasteiger charge is 2.28.